The van der Waals surface area contributed by atoms with E-state index in [1.54, 1.807) is 6.92 Å². The standard InChI is InChI=1S/C9H16N6O3S/c1-6(8-11-13-14-12-8)10-9(16)7-4-3-5-15(7)19(2,17)18/h6-7H,3-5H2,1-2H3,(H,10,16)(H,11,12,13,14). The topological polar surface area (TPSA) is 121 Å². The predicted molar refractivity (Wildman–Crippen MR) is 65.3 cm³/mol. The van der Waals surface area contributed by atoms with Gasteiger partial charge in [0, 0.05) is 6.54 Å². The summed E-state index contributed by atoms with van der Waals surface area (Å²) in [5.41, 5.74) is 0. The Bertz CT molecular complexity index is 542. The van der Waals surface area contributed by atoms with Gasteiger partial charge in [0.2, 0.25) is 15.9 Å². The number of hydrogen-bond donors (Lipinski definition) is 2. The van der Waals surface area contributed by atoms with Gasteiger partial charge in [-0.15, -0.1) is 10.2 Å². The van der Waals surface area contributed by atoms with Gasteiger partial charge < -0.3 is 5.32 Å². The first-order valence-electron chi connectivity index (χ1n) is 5.90. The molecule has 0 spiro atoms. The van der Waals surface area contributed by atoms with Gasteiger partial charge in [0.05, 0.1) is 12.3 Å². The molecule has 106 valence electrons. The molecule has 2 atom stereocenters. The van der Waals surface area contributed by atoms with Gasteiger partial charge in [-0.2, -0.15) is 9.52 Å². The highest BCUT2D eigenvalue weighted by Crippen LogP contribution is 2.21. The highest BCUT2D eigenvalue weighted by atomic mass is 32.2. The number of carbonyl (C=O) groups is 1. The maximum atomic E-state index is 12.1. The molecule has 2 heterocycles. The zero-order valence-corrected chi connectivity index (χ0v) is 11.5. The number of amides is 1. The van der Waals surface area contributed by atoms with E-state index in [0.29, 0.717) is 25.2 Å². The van der Waals surface area contributed by atoms with Crippen LogP contribution in [0.5, 0.6) is 0 Å². The van der Waals surface area contributed by atoms with Crippen molar-refractivity contribution < 1.29 is 13.2 Å². The molecule has 2 N–H and O–H groups in total. The second kappa shape index (κ2) is 5.21. The molecular formula is C9H16N6O3S. The van der Waals surface area contributed by atoms with E-state index in [1.165, 1.54) is 4.31 Å². The van der Waals surface area contributed by atoms with Crippen molar-refractivity contribution in [3.63, 3.8) is 0 Å². The number of nitrogens with one attached hydrogen (secondary N) is 2. The number of rotatable bonds is 4. The molecule has 0 saturated carbocycles. The fourth-order valence-corrected chi connectivity index (χ4v) is 3.25. The summed E-state index contributed by atoms with van der Waals surface area (Å²) in [5, 5.41) is 15.9. The highest BCUT2D eigenvalue weighted by Gasteiger charge is 2.37. The van der Waals surface area contributed by atoms with Crippen molar-refractivity contribution in [2.24, 2.45) is 0 Å². The molecule has 1 aliphatic rings. The van der Waals surface area contributed by atoms with Crippen LogP contribution in [0, 0.1) is 0 Å². The monoisotopic (exact) mass is 288 g/mol. The average molecular weight is 288 g/mol. The van der Waals surface area contributed by atoms with Gasteiger partial charge in [-0.1, -0.05) is 5.21 Å². The van der Waals surface area contributed by atoms with Crippen LogP contribution >= 0.6 is 0 Å². The molecule has 1 saturated heterocycles. The van der Waals surface area contributed by atoms with E-state index in [4.69, 9.17) is 0 Å². The number of H-pyrrole nitrogens is 1. The van der Waals surface area contributed by atoms with Crippen LogP contribution in [0.15, 0.2) is 0 Å². The lowest BCUT2D eigenvalue weighted by molar-refractivity contribution is -0.124. The lowest BCUT2D eigenvalue weighted by atomic mass is 10.2. The minimum Gasteiger partial charge on any atom is -0.345 e. The molecule has 0 radical (unpaired) electrons. The fourth-order valence-electron chi connectivity index (χ4n) is 2.13. The number of tetrazole rings is 1. The van der Waals surface area contributed by atoms with E-state index in [-0.39, 0.29) is 5.91 Å². The third-order valence-corrected chi connectivity index (χ3v) is 4.33. The van der Waals surface area contributed by atoms with Crippen LogP contribution in [-0.2, 0) is 14.8 Å². The Morgan fingerprint density at radius 2 is 2.32 bits per heavy atom. The second-order valence-electron chi connectivity index (χ2n) is 4.53. The van der Waals surface area contributed by atoms with Crippen molar-refractivity contribution in [2.75, 3.05) is 12.8 Å². The third kappa shape index (κ3) is 3.07. The minimum atomic E-state index is -3.36. The van der Waals surface area contributed by atoms with Crippen LogP contribution in [0.3, 0.4) is 0 Å². The second-order valence-corrected chi connectivity index (χ2v) is 6.47. The van der Waals surface area contributed by atoms with E-state index in [2.05, 4.69) is 25.9 Å². The number of aromatic amines is 1. The summed E-state index contributed by atoms with van der Waals surface area (Å²) in [6, 6.07) is -1.07. The number of hydrogen-bond acceptors (Lipinski definition) is 6. The quantitative estimate of drug-likeness (QED) is 0.718. The predicted octanol–water partition coefficient (Wildman–Crippen LogP) is -1.20. The summed E-state index contributed by atoms with van der Waals surface area (Å²) in [7, 11) is -3.36. The van der Waals surface area contributed by atoms with Crippen LogP contribution in [0.2, 0.25) is 0 Å². The third-order valence-electron chi connectivity index (χ3n) is 3.04. The lowest BCUT2D eigenvalue weighted by Crippen LogP contribution is -2.46. The Morgan fingerprint density at radius 1 is 1.58 bits per heavy atom. The molecule has 0 aliphatic carbocycles. The molecule has 1 aliphatic heterocycles. The highest BCUT2D eigenvalue weighted by molar-refractivity contribution is 7.88. The summed E-state index contributed by atoms with van der Waals surface area (Å²) in [6.45, 7) is 2.09. The van der Waals surface area contributed by atoms with Crippen molar-refractivity contribution in [2.45, 2.75) is 31.8 Å². The molecule has 0 bridgehead atoms. The van der Waals surface area contributed by atoms with Gasteiger partial charge in [-0.25, -0.2) is 8.42 Å². The average Bonchev–Trinajstić information content (AvgIpc) is 2.99. The summed E-state index contributed by atoms with van der Waals surface area (Å²) in [5.74, 6) is 0.0254. The van der Waals surface area contributed by atoms with Crippen molar-refractivity contribution in [3.8, 4) is 0 Å². The zero-order chi connectivity index (χ0) is 14.0. The van der Waals surface area contributed by atoms with Crippen LogP contribution in [-0.4, -0.2) is 58.1 Å². The summed E-state index contributed by atoms with van der Waals surface area (Å²) in [6.07, 6.45) is 2.32. The van der Waals surface area contributed by atoms with Crippen LogP contribution in [0.25, 0.3) is 0 Å². The molecular weight excluding hydrogens is 272 g/mol. The van der Waals surface area contributed by atoms with Gasteiger partial charge in [0.25, 0.3) is 0 Å². The van der Waals surface area contributed by atoms with E-state index in [0.717, 1.165) is 6.26 Å². The molecule has 0 aromatic carbocycles. The van der Waals surface area contributed by atoms with Crippen molar-refractivity contribution >= 4 is 15.9 Å². The van der Waals surface area contributed by atoms with Crippen molar-refractivity contribution in [3.05, 3.63) is 5.82 Å². The Hall–Kier alpha value is -1.55. The first-order valence-corrected chi connectivity index (χ1v) is 7.75. The van der Waals surface area contributed by atoms with E-state index >= 15 is 0 Å². The Balaban J connectivity index is 2.04. The molecule has 10 heteroatoms. The molecule has 1 aromatic rings. The smallest absolute Gasteiger partial charge is 0.239 e. The van der Waals surface area contributed by atoms with Crippen molar-refractivity contribution in [1.29, 1.82) is 0 Å². The van der Waals surface area contributed by atoms with Crippen LogP contribution in [0.1, 0.15) is 31.6 Å². The van der Waals surface area contributed by atoms with Crippen molar-refractivity contribution in [1.82, 2.24) is 30.2 Å². The lowest BCUT2D eigenvalue weighted by Gasteiger charge is -2.22. The van der Waals surface area contributed by atoms with Crippen LogP contribution in [0.4, 0.5) is 0 Å². The molecule has 19 heavy (non-hydrogen) atoms. The number of nitrogens with zero attached hydrogens (tertiary/aromatic N) is 4. The Morgan fingerprint density at radius 3 is 2.89 bits per heavy atom. The van der Waals surface area contributed by atoms with Gasteiger partial charge in [0.1, 0.15) is 6.04 Å². The number of carbonyl (C=O) groups excluding carboxylic acids is 1. The Labute approximate surface area is 110 Å². The molecule has 2 rings (SSSR count). The van der Waals surface area contributed by atoms with Crippen LogP contribution < -0.4 is 5.32 Å². The Kier molecular flexibility index (Phi) is 3.80. The normalized spacial score (nSPS) is 22.3. The summed E-state index contributed by atoms with van der Waals surface area (Å²) < 4.78 is 24.4. The molecule has 2 unspecified atom stereocenters. The van der Waals surface area contributed by atoms with Gasteiger partial charge in [0.15, 0.2) is 5.82 Å². The van der Waals surface area contributed by atoms with E-state index in [1.807, 2.05) is 0 Å². The first kappa shape index (κ1) is 13.9. The molecule has 9 nitrogen and oxygen atoms in total. The minimum absolute atomic E-state index is 0.333. The molecule has 1 aromatic heterocycles. The van der Waals surface area contributed by atoms with Gasteiger partial charge >= 0.3 is 0 Å². The molecule has 1 amide bonds. The zero-order valence-electron chi connectivity index (χ0n) is 10.7. The summed E-state index contributed by atoms with van der Waals surface area (Å²) >= 11 is 0. The van der Waals surface area contributed by atoms with Gasteiger partial charge in [-0.3, -0.25) is 4.79 Å². The number of sulfonamides is 1. The largest absolute Gasteiger partial charge is 0.345 e. The maximum Gasteiger partial charge on any atom is 0.239 e. The maximum absolute atomic E-state index is 12.1. The molecule has 1 fully saturated rings. The van der Waals surface area contributed by atoms with E-state index in [9.17, 15) is 13.2 Å². The van der Waals surface area contributed by atoms with E-state index < -0.39 is 22.1 Å². The fraction of sp³-hybridized carbons (Fsp3) is 0.778. The SMILES string of the molecule is CC(NC(=O)C1CCCN1S(C)(=O)=O)c1nn[nH]n1. The van der Waals surface area contributed by atoms with Gasteiger partial charge in [-0.05, 0) is 19.8 Å². The summed E-state index contributed by atoms with van der Waals surface area (Å²) in [4.78, 5) is 12.1. The first-order chi connectivity index (χ1) is 8.89. The number of aromatic nitrogens is 4.